The number of para-hydroxylation sites is 1. The molecule has 4 nitrogen and oxygen atoms in total. The number of carbonyl (C=O) groups excluding carboxylic acids is 1. The molecular weight excluding hydrogens is 429 g/mol. The molecular formula is C22H17Cl2NO3S. The molecule has 3 aromatic rings. The van der Waals surface area contributed by atoms with Gasteiger partial charge in [-0.25, -0.2) is 8.42 Å². The smallest absolute Gasteiger partial charge is 0.268 e. The summed E-state index contributed by atoms with van der Waals surface area (Å²) in [5.41, 5.74) is 1.70. The Balaban J connectivity index is 2.03. The molecule has 0 atom stereocenters. The van der Waals surface area contributed by atoms with Crippen molar-refractivity contribution >= 4 is 50.9 Å². The van der Waals surface area contributed by atoms with E-state index in [4.69, 9.17) is 23.2 Å². The maximum atomic E-state index is 13.2. The van der Waals surface area contributed by atoms with Crippen LogP contribution in [0.3, 0.4) is 0 Å². The summed E-state index contributed by atoms with van der Waals surface area (Å²) in [5, 5.41) is 0.820. The van der Waals surface area contributed by atoms with Gasteiger partial charge < -0.3 is 0 Å². The van der Waals surface area contributed by atoms with Crippen molar-refractivity contribution in [3.05, 3.63) is 100 Å². The van der Waals surface area contributed by atoms with Crippen LogP contribution in [0, 0.1) is 6.92 Å². The molecule has 0 N–H and O–H groups in total. The molecule has 0 unspecified atom stereocenters. The van der Waals surface area contributed by atoms with E-state index in [-0.39, 0.29) is 10.6 Å². The lowest BCUT2D eigenvalue weighted by Gasteiger charge is -2.21. The minimum absolute atomic E-state index is 0.0261. The second-order valence-corrected chi connectivity index (χ2v) is 8.89. The van der Waals surface area contributed by atoms with Crippen molar-refractivity contribution in [2.75, 3.05) is 4.31 Å². The van der Waals surface area contributed by atoms with Crippen molar-refractivity contribution in [2.45, 2.75) is 11.8 Å². The molecule has 29 heavy (non-hydrogen) atoms. The Bertz CT molecular complexity index is 1160. The summed E-state index contributed by atoms with van der Waals surface area (Å²) >= 11 is 12.0. The van der Waals surface area contributed by atoms with E-state index in [1.807, 2.05) is 6.92 Å². The summed E-state index contributed by atoms with van der Waals surface area (Å²) in [4.78, 5) is 13.0. The first-order valence-electron chi connectivity index (χ1n) is 8.63. The molecule has 3 rings (SSSR count). The van der Waals surface area contributed by atoms with E-state index < -0.39 is 15.9 Å². The number of carbonyl (C=O) groups is 1. The van der Waals surface area contributed by atoms with Crippen LogP contribution in [0.25, 0.3) is 6.08 Å². The predicted octanol–water partition coefficient (Wildman–Crippen LogP) is 5.74. The number of hydrogen-bond donors (Lipinski definition) is 0. The molecule has 0 fully saturated rings. The molecule has 0 aliphatic rings. The van der Waals surface area contributed by atoms with E-state index in [2.05, 4.69) is 0 Å². The standard InChI is InChI=1S/C22H17Cl2NO3S/c1-16-7-12-20(13-8-16)29(27,28)25(19-5-3-2-4-6-19)22(26)14-10-17-9-11-18(23)15-21(17)24/h2-15H,1H3/b14-10+. The highest BCUT2D eigenvalue weighted by Gasteiger charge is 2.29. The average molecular weight is 446 g/mol. The Hall–Kier alpha value is -2.60. The molecule has 0 saturated carbocycles. The molecule has 0 spiro atoms. The Labute approximate surface area is 180 Å². The molecule has 3 aromatic carbocycles. The number of aryl methyl sites for hydroxylation is 1. The summed E-state index contributed by atoms with van der Waals surface area (Å²) in [5.74, 6) is -0.720. The van der Waals surface area contributed by atoms with Crippen molar-refractivity contribution < 1.29 is 13.2 Å². The van der Waals surface area contributed by atoms with Gasteiger partial charge in [-0.2, -0.15) is 4.31 Å². The summed E-state index contributed by atoms with van der Waals surface area (Å²) in [6.07, 6.45) is 2.63. The largest absolute Gasteiger partial charge is 0.271 e. The van der Waals surface area contributed by atoms with Gasteiger partial charge in [0.1, 0.15) is 0 Å². The van der Waals surface area contributed by atoms with Crippen LogP contribution < -0.4 is 4.31 Å². The Morgan fingerprint density at radius 3 is 2.21 bits per heavy atom. The summed E-state index contributed by atoms with van der Waals surface area (Å²) < 4.78 is 27.2. The highest BCUT2D eigenvalue weighted by Crippen LogP contribution is 2.26. The van der Waals surface area contributed by atoms with E-state index in [1.54, 1.807) is 60.7 Å². The summed E-state index contributed by atoms with van der Waals surface area (Å²) in [6.45, 7) is 1.86. The van der Waals surface area contributed by atoms with Crippen LogP contribution in [0.15, 0.2) is 83.8 Å². The maximum absolute atomic E-state index is 13.2. The van der Waals surface area contributed by atoms with E-state index in [0.29, 0.717) is 15.6 Å². The predicted molar refractivity (Wildman–Crippen MR) is 118 cm³/mol. The van der Waals surface area contributed by atoms with Crippen molar-refractivity contribution in [1.29, 1.82) is 0 Å². The fourth-order valence-corrected chi connectivity index (χ4v) is 4.49. The fourth-order valence-electron chi connectivity index (χ4n) is 2.63. The lowest BCUT2D eigenvalue weighted by atomic mass is 10.2. The van der Waals surface area contributed by atoms with E-state index in [1.165, 1.54) is 24.3 Å². The van der Waals surface area contributed by atoms with Gasteiger partial charge in [0.15, 0.2) is 0 Å². The van der Waals surface area contributed by atoms with Crippen LogP contribution in [0.1, 0.15) is 11.1 Å². The zero-order valence-electron chi connectivity index (χ0n) is 15.4. The van der Waals surface area contributed by atoms with Crippen LogP contribution in [-0.2, 0) is 14.8 Å². The van der Waals surface area contributed by atoms with Gasteiger partial charge in [-0.3, -0.25) is 4.79 Å². The first-order chi connectivity index (χ1) is 13.8. The van der Waals surface area contributed by atoms with E-state index in [0.717, 1.165) is 9.87 Å². The Morgan fingerprint density at radius 2 is 1.59 bits per heavy atom. The van der Waals surface area contributed by atoms with Crippen molar-refractivity contribution in [1.82, 2.24) is 0 Å². The third-order valence-corrected chi connectivity index (χ3v) is 6.42. The molecule has 0 heterocycles. The number of benzene rings is 3. The third kappa shape index (κ3) is 4.88. The molecule has 0 aliphatic carbocycles. The molecule has 0 radical (unpaired) electrons. The Morgan fingerprint density at radius 1 is 0.931 bits per heavy atom. The highest BCUT2D eigenvalue weighted by atomic mass is 35.5. The molecule has 0 aromatic heterocycles. The van der Waals surface area contributed by atoms with Gasteiger partial charge in [0.25, 0.3) is 15.9 Å². The lowest BCUT2D eigenvalue weighted by Crippen LogP contribution is -2.35. The van der Waals surface area contributed by atoms with Gasteiger partial charge in [-0.05, 0) is 55.0 Å². The van der Waals surface area contributed by atoms with Crippen LogP contribution >= 0.6 is 23.2 Å². The van der Waals surface area contributed by atoms with Gasteiger partial charge in [0, 0.05) is 16.1 Å². The number of amides is 1. The van der Waals surface area contributed by atoms with Crippen LogP contribution in [0.5, 0.6) is 0 Å². The first kappa shape index (κ1) is 21.1. The zero-order valence-corrected chi connectivity index (χ0v) is 17.7. The van der Waals surface area contributed by atoms with Crippen LogP contribution in [0.2, 0.25) is 10.0 Å². The number of rotatable bonds is 5. The highest BCUT2D eigenvalue weighted by molar-refractivity contribution is 7.93. The van der Waals surface area contributed by atoms with E-state index >= 15 is 0 Å². The maximum Gasteiger partial charge on any atom is 0.271 e. The average Bonchev–Trinajstić information content (AvgIpc) is 2.68. The minimum atomic E-state index is -4.11. The first-order valence-corrected chi connectivity index (χ1v) is 10.8. The lowest BCUT2D eigenvalue weighted by molar-refractivity contribution is -0.113. The van der Waals surface area contributed by atoms with Crippen LogP contribution in [0.4, 0.5) is 5.69 Å². The number of halogens is 2. The third-order valence-electron chi connectivity index (χ3n) is 4.12. The second kappa shape index (κ2) is 8.82. The summed E-state index contributed by atoms with van der Waals surface area (Å²) in [7, 11) is -4.11. The molecule has 148 valence electrons. The number of nitrogens with zero attached hydrogens (tertiary/aromatic N) is 1. The van der Waals surface area contributed by atoms with Gasteiger partial charge >= 0.3 is 0 Å². The summed E-state index contributed by atoms with van der Waals surface area (Å²) in [6, 6.07) is 19.4. The quantitative estimate of drug-likeness (QED) is 0.470. The van der Waals surface area contributed by atoms with Gasteiger partial charge in [0.2, 0.25) is 0 Å². The number of sulfonamides is 1. The number of anilines is 1. The number of hydrogen-bond acceptors (Lipinski definition) is 3. The molecule has 0 saturated heterocycles. The molecule has 7 heteroatoms. The minimum Gasteiger partial charge on any atom is -0.268 e. The van der Waals surface area contributed by atoms with E-state index in [9.17, 15) is 13.2 Å². The SMILES string of the molecule is Cc1ccc(S(=O)(=O)N(C(=O)/C=C/c2ccc(Cl)cc2Cl)c2ccccc2)cc1. The van der Waals surface area contributed by atoms with Crippen molar-refractivity contribution in [3.8, 4) is 0 Å². The van der Waals surface area contributed by atoms with Gasteiger partial charge in [0.05, 0.1) is 10.6 Å². The van der Waals surface area contributed by atoms with Crippen LogP contribution in [-0.4, -0.2) is 14.3 Å². The van der Waals surface area contributed by atoms with Gasteiger partial charge in [-0.15, -0.1) is 0 Å². The monoisotopic (exact) mass is 445 g/mol. The fraction of sp³-hybridized carbons (Fsp3) is 0.0455. The molecule has 1 amide bonds. The van der Waals surface area contributed by atoms with Crippen molar-refractivity contribution in [3.63, 3.8) is 0 Å². The van der Waals surface area contributed by atoms with Gasteiger partial charge in [-0.1, -0.05) is 65.2 Å². The zero-order chi connectivity index (χ0) is 21.0. The Kier molecular flexibility index (Phi) is 6.42. The van der Waals surface area contributed by atoms with Crippen molar-refractivity contribution in [2.24, 2.45) is 0 Å². The normalized spacial score (nSPS) is 11.6. The molecule has 0 aliphatic heterocycles. The second-order valence-electron chi connectivity index (χ2n) is 6.26. The molecule has 0 bridgehead atoms. The topological polar surface area (TPSA) is 54.5 Å².